The predicted octanol–water partition coefficient (Wildman–Crippen LogP) is 3.03. The number of nitrogens with zero attached hydrogens (tertiary/aromatic N) is 1. The highest BCUT2D eigenvalue weighted by Crippen LogP contribution is 2.26. The molecule has 1 saturated heterocycles. The zero-order valence-corrected chi connectivity index (χ0v) is 12.8. The molecule has 20 heavy (non-hydrogen) atoms. The summed E-state index contributed by atoms with van der Waals surface area (Å²) in [5, 5.41) is 12.7. The average molecular weight is 294 g/mol. The number of benzene rings is 1. The van der Waals surface area contributed by atoms with E-state index in [1.54, 1.807) is 23.6 Å². The van der Waals surface area contributed by atoms with Gasteiger partial charge in [0.25, 0.3) is 0 Å². The Morgan fingerprint density at radius 1 is 1.50 bits per heavy atom. The summed E-state index contributed by atoms with van der Waals surface area (Å²) in [5.41, 5.74) is 0.851. The molecule has 0 bridgehead atoms. The molecule has 2 atom stereocenters. The first-order valence-corrected chi connectivity index (χ1v) is 8.21. The van der Waals surface area contributed by atoms with Crippen molar-refractivity contribution in [3.05, 3.63) is 24.3 Å². The lowest BCUT2D eigenvalue weighted by atomic mass is 9.94. The molecule has 2 N–H and O–H groups in total. The van der Waals surface area contributed by atoms with Gasteiger partial charge in [-0.1, -0.05) is 12.1 Å². The molecule has 1 aromatic rings. The Morgan fingerprint density at radius 3 is 2.95 bits per heavy atom. The van der Waals surface area contributed by atoms with Crippen molar-refractivity contribution in [3.63, 3.8) is 0 Å². The lowest BCUT2D eigenvalue weighted by Gasteiger charge is -2.34. The van der Waals surface area contributed by atoms with Crippen LogP contribution in [0.5, 0.6) is 0 Å². The van der Waals surface area contributed by atoms with E-state index in [9.17, 15) is 9.90 Å². The van der Waals surface area contributed by atoms with E-state index in [0.717, 1.165) is 30.0 Å². The molecule has 2 unspecified atom stereocenters. The Labute approximate surface area is 124 Å². The van der Waals surface area contributed by atoms with E-state index >= 15 is 0 Å². The van der Waals surface area contributed by atoms with Crippen LogP contribution < -0.4 is 5.32 Å². The molecule has 1 fully saturated rings. The van der Waals surface area contributed by atoms with Gasteiger partial charge in [0.15, 0.2) is 0 Å². The SMILES string of the molecule is CSc1ccccc1NC(=O)N1CCCC(C(C)O)C1. The molecule has 1 heterocycles. The normalized spacial score (nSPS) is 20.6. The van der Waals surface area contributed by atoms with Crippen molar-refractivity contribution in [1.29, 1.82) is 0 Å². The molecule has 2 rings (SSSR count). The first kappa shape index (κ1) is 15.2. The Balaban J connectivity index is 2.01. The van der Waals surface area contributed by atoms with E-state index in [0.29, 0.717) is 6.54 Å². The van der Waals surface area contributed by atoms with Crippen molar-refractivity contribution in [1.82, 2.24) is 4.90 Å². The zero-order valence-electron chi connectivity index (χ0n) is 12.0. The van der Waals surface area contributed by atoms with Crippen LogP contribution in [0, 0.1) is 5.92 Å². The van der Waals surface area contributed by atoms with Crippen molar-refractivity contribution < 1.29 is 9.90 Å². The van der Waals surface area contributed by atoms with Gasteiger partial charge in [-0.15, -0.1) is 11.8 Å². The molecule has 0 aromatic heterocycles. The maximum absolute atomic E-state index is 12.3. The third-order valence-corrected chi connectivity index (χ3v) is 4.57. The summed E-state index contributed by atoms with van der Waals surface area (Å²) >= 11 is 1.62. The van der Waals surface area contributed by atoms with E-state index in [-0.39, 0.29) is 18.1 Å². The lowest BCUT2D eigenvalue weighted by molar-refractivity contribution is 0.0766. The quantitative estimate of drug-likeness (QED) is 0.843. The first-order chi connectivity index (χ1) is 9.61. The number of carbonyl (C=O) groups is 1. The average Bonchev–Trinajstić information content (AvgIpc) is 2.48. The molecule has 0 radical (unpaired) electrons. The zero-order chi connectivity index (χ0) is 14.5. The molecule has 5 heteroatoms. The number of likely N-dealkylation sites (tertiary alicyclic amines) is 1. The van der Waals surface area contributed by atoms with Crippen molar-refractivity contribution >= 4 is 23.5 Å². The van der Waals surface area contributed by atoms with Crippen LogP contribution in [-0.4, -0.2) is 41.5 Å². The van der Waals surface area contributed by atoms with Gasteiger partial charge >= 0.3 is 6.03 Å². The maximum Gasteiger partial charge on any atom is 0.321 e. The predicted molar refractivity (Wildman–Crippen MR) is 83.2 cm³/mol. The van der Waals surface area contributed by atoms with E-state index < -0.39 is 0 Å². The van der Waals surface area contributed by atoms with E-state index in [2.05, 4.69) is 5.32 Å². The smallest absolute Gasteiger partial charge is 0.321 e. The van der Waals surface area contributed by atoms with E-state index in [1.165, 1.54) is 0 Å². The number of carbonyl (C=O) groups excluding carboxylic acids is 1. The number of amides is 2. The van der Waals surface area contributed by atoms with Crippen molar-refractivity contribution in [2.45, 2.75) is 30.8 Å². The number of rotatable bonds is 3. The fourth-order valence-corrected chi connectivity index (χ4v) is 3.08. The van der Waals surface area contributed by atoms with Gasteiger partial charge < -0.3 is 15.3 Å². The van der Waals surface area contributed by atoms with Crippen LogP contribution in [-0.2, 0) is 0 Å². The number of piperidine rings is 1. The molecule has 1 aromatic carbocycles. The Kier molecular flexibility index (Phi) is 5.31. The molecule has 4 nitrogen and oxygen atoms in total. The second-order valence-corrected chi connectivity index (χ2v) is 6.07. The number of nitrogens with one attached hydrogen (secondary N) is 1. The van der Waals surface area contributed by atoms with Gasteiger partial charge in [0.1, 0.15) is 0 Å². The minimum Gasteiger partial charge on any atom is -0.393 e. The minimum absolute atomic E-state index is 0.0724. The maximum atomic E-state index is 12.3. The number of aliphatic hydroxyl groups excluding tert-OH is 1. The molecule has 0 aliphatic carbocycles. The van der Waals surface area contributed by atoms with Gasteiger partial charge in [-0.3, -0.25) is 0 Å². The Morgan fingerprint density at radius 2 is 2.25 bits per heavy atom. The Hall–Kier alpha value is -1.20. The summed E-state index contributed by atoms with van der Waals surface area (Å²) in [6.45, 7) is 3.19. The number of urea groups is 1. The summed E-state index contributed by atoms with van der Waals surface area (Å²) in [5.74, 6) is 0.185. The fraction of sp³-hybridized carbons (Fsp3) is 0.533. The topological polar surface area (TPSA) is 52.6 Å². The van der Waals surface area contributed by atoms with Crippen LogP contribution in [0.25, 0.3) is 0 Å². The molecule has 1 aliphatic heterocycles. The van der Waals surface area contributed by atoms with Gasteiger partial charge in [-0.2, -0.15) is 0 Å². The molecule has 0 spiro atoms. The van der Waals surface area contributed by atoms with Gasteiger partial charge in [-0.25, -0.2) is 4.79 Å². The molecule has 110 valence electrons. The van der Waals surface area contributed by atoms with Gasteiger partial charge in [0.05, 0.1) is 11.8 Å². The largest absolute Gasteiger partial charge is 0.393 e. The third-order valence-electron chi connectivity index (χ3n) is 3.78. The highest BCUT2D eigenvalue weighted by molar-refractivity contribution is 7.98. The number of aliphatic hydroxyl groups is 1. The van der Waals surface area contributed by atoms with Crippen LogP contribution in [0.15, 0.2) is 29.2 Å². The second kappa shape index (κ2) is 6.99. The lowest BCUT2D eigenvalue weighted by Crippen LogP contribution is -2.44. The second-order valence-electron chi connectivity index (χ2n) is 5.22. The summed E-state index contributed by atoms with van der Waals surface area (Å²) in [4.78, 5) is 15.2. The summed E-state index contributed by atoms with van der Waals surface area (Å²) in [6, 6.07) is 7.72. The van der Waals surface area contributed by atoms with Crippen molar-refractivity contribution in [2.24, 2.45) is 5.92 Å². The number of hydrogen-bond acceptors (Lipinski definition) is 3. The van der Waals surface area contributed by atoms with Gasteiger partial charge in [0, 0.05) is 23.9 Å². The van der Waals surface area contributed by atoms with Crippen LogP contribution in [0.1, 0.15) is 19.8 Å². The van der Waals surface area contributed by atoms with Crippen molar-refractivity contribution in [2.75, 3.05) is 24.7 Å². The highest BCUT2D eigenvalue weighted by Gasteiger charge is 2.26. The van der Waals surface area contributed by atoms with Gasteiger partial charge in [0.2, 0.25) is 0 Å². The molecular weight excluding hydrogens is 272 g/mol. The number of para-hydroxylation sites is 1. The molecule has 2 amide bonds. The monoisotopic (exact) mass is 294 g/mol. The minimum atomic E-state index is -0.357. The van der Waals surface area contributed by atoms with Crippen LogP contribution >= 0.6 is 11.8 Å². The number of hydrogen-bond donors (Lipinski definition) is 2. The molecule has 1 aliphatic rings. The van der Waals surface area contributed by atoms with Gasteiger partial charge in [-0.05, 0) is 38.2 Å². The van der Waals surface area contributed by atoms with Crippen molar-refractivity contribution in [3.8, 4) is 0 Å². The van der Waals surface area contributed by atoms with Crippen LogP contribution in [0.3, 0.4) is 0 Å². The molecular formula is C15H22N2O2S. The number of thioether (sulfide) groups is 1. The summed E-state index contributed by atoms with van der Waals surface area (Å²) in [6.07, 6.45) is 3.58. The van der Waals surface area contributed by atoms with Crippen LogP contribution in [0.2, 0.25) is 0 Å². The van der Waals surface area contributed by atoms with E-state index in [4.69, 9.17) is 0 Å². The summed E-state index contributed by atoms with van der Waals surface area (Å²) in [7, 11) is 0. The standard InChI is InChI=1S/C15H22N2O2S/c1-11(18)12-6-5-9-17(10-12)15(19)16-13-7-3-4-8-14(13)20-2/h3-4,7-8,11-12,18H,5-6,9-10H2,1-2H3,(H,16,19). The third kappa shape index (κ3) is 3.67. The van der Waals surface area contributed by atoms with Crippen LogP contribution in [0.4, 0.5) is 10.5 Å². The van der Waals surface area contributed by atoms with E-state index in [1.807, 2.05) is 30.5 Å². The Bertz CT molecular complexity index is 465. The number of anilines is 1. The fourth-order valence-electron chi connectivity index (χ4n) is 2.53. The first-order valence-electron chi connectivity index (χ1n) is 6.99. The highest BCUT2D eigenvalue weighted by atomic mass is 32.2. The molecule has 0 saturated carbocycles. The summed E-state index contributed by atoms with van der Waals surface area (Å²) < 4.78 is 0.